The molecule has 2 heterocycles. The van der Waals surface area contributed by atoms with Crippen molar-refractivity contribution in [2.45, 2.75) is 0 Å². The first-order valence-corrected chi connectivity index (χ1v) is 6.86. The van der Waals surface area contributed by atoms with E-state index < -0.39 is 5.97 Å². The third-order valence-electron chi connectivity index (χ3n) is 2.87. The number of benzene rings is 1. The van der Waals surface area contributed by atoms with Gasteiger partial charge in [0, 0.05) is 5.39 Å². The van der Waals surface area contributed by atoms with Gasteiger partial charge in [0.15, 0.2) is 0 Å². The van der Waals surface area contributed by atoms with Crippen LogP contribution in [0.4, 0.5) is 5.69 Å². The van der Waals surface area contributed by atoms with Gasteiger partial charge in [-0.2, -0.15) is 0 Å². The highest BCUT2D eigenvalue weighted by atomic mass is 32.2. The molecule has 0 amide bonds. The minimum atomic E-state index is -1.17. The third kappa shape index (κ3) is 2.25. The Morgan fingerprint density at radius 1 is 1.35 bits per heavy atom. The van der Waals surface area contributed by atoms with E-state index in [9.17, 15) is 9.90 Å². The van der Waals surface area contributed by atoms with Crippen LogP contribution in [0.1, 0.15) is 0 Å². The van der Waals surface area contributed by atoms with E-state index in [0.29, 0.717) is 10.7 Å². The first-order chi connectivity index (χ1) is 9.65. The number of aliphatic imine (C=N–C) groups is 1. The Morgan fingerprint density at radius 3 is 2.95 bits per heavy atom. The molecule has 0 saturated carbocycles. The Hall–Kier alpha value is -2.34. The second-order valence-electron chi connectivity index (χ2n) is 4.22. The summed E-state index contributed by atoms with van der Waals surface area (Å²) in [4.78, 5) is 19.6. The van der Waals surface area contributed by atoms with E-state index in [4.69, 9.17) is 5.11 Å². The highest BCUT2D eigenvalue weighted by molar-refractivity contribution is 8.15. The van der Waals surface area contributed by atoms with Gasteiger partial charge in [-0.25, -0.2) is 9.79 Å². The van der Waals surface area contributed by atoms with Crippen LogP contribution in [0.2, 0.25) is 0 Å². The molecule has 1 aromatic carbocycles. The highest BCUT2D eigenvalue weighted by Gasteiger charge is 2.27. The Kier molecular flexibility index (Phi) is 3.15. The third-order valence-corrected chi connectivity index (χ3v) is 3.86. The van der Waals surface area contributed by atoms with Crippen LogP contribution in [0.3, 0.4) is 0 Å². The van der Waals surface area contributed by atoms with Gasteiger partial charge < -0.3 is 10.2 Å². The van der Waals surface area contributed by atoms with Crippen molar-refractivity contribution < 1.29 is 15.0 Å². The normalized spacial score (nSPS) is 17.1. The largest absolute Gasteiger partial charge is 0.510 e. The van der Waals surface area contributed by atoms with Crippen molar-refractivity contribution in [2.75, 3.05) is 5.75 Å². The number of hydrogen-bond acceptors (Lipinski definition) is 5. The summed E-state index contributed by atoms with van der Waals surface area (Å²) in [5, 5.41) is 19.9. The molecule has 1 aromatic heterocycles. The number of carboxylic acids is 1. The second kappa shape index (κ2) is 4.97. The molecule has 1 aliphatic heterocycles. The monoisotopic (exact) mass is 286 g/mol. The molecular formula is C14H10N2O3S. The minimum absolute atomic E-state index is 0.122. The van der Waals surface area contributed by atoms with Crippen LogP contribution in [0, 0.1) is 0 Å². The van der Waals surface area contributed by atoms with Crippen LogP contribution in [-0.2, 0) is 4.79 Å². The average molecular weight is 286 g/mol. The molecule has 20 heavy (non-hydrogen) atoms. The lowest BCUT2D eigenvalue weighted by atomic mass is 10.2. The van der Waals surface area contributed by atoms with Crippen LogP contribution in [0.15, 0.2) is 52.9 Å². The summed E-state index contributed by atoms with van der Waals surface area (Å²) in [7, 11) is 0. The Bertz CT molecular complexity index is 768. The lowest BCUT2D eigenvalue weighted by molar-refractivity contribution is -0.132. The van der Waals surface area contributed by atoms with Crippen molar-refractivity contribution in [1.29, 1.82) is 0 Å². The van der Waals surface area contributed by atoms with Crippen LogP contribution in [0.5, 0.6) is 0 Å². The zero-order chi connectivity index (χ0) is 14.1. The molecule has 6 heteroatoms. The number of para-hydroxylation sites is 1. The zero-order valence-electron chi connectivity index (χ0n) is 10.3. The number of carboxylic acid groups (broad SMARTS) is 1. The number of aliphatic carboxylic acids is 1. The molecule has 3 rings (SSSR count). The first-order valence-electron chi connectivity index (χ1n) is 5.87. The van der Waals surface area contributed by atoms with Gasteiger partial charge in [-0.1, -0.05) is 30.0 Å². The number of carbonyl (C=O) groups is 1. The molecule has 0 fully saturated rings. The van der Waals surface area contributed by atoms with Crippen LogP contribution < -0.4 is 0 Å². The molecule has 0 bridgehead atoms. The van der Waals surface area contributed by atoms with E-state index >= 15 is 0 Å². The summed E-state index contributed by atoms with van der Waals surface area (Å²) in [6.07, 6.45) is 1.59. The van der Waals surface area contributed by atoms with E-state index in [2.05, 4.69) is 9.98 Å². The standard InChI is InChI=1S/C14H10N2O3S/c17-11-7-20-13(12(11)14(18)19)16-9-5-8-3-1-2-4-10(8)15-6-9/h1-6,17H,7H2,(H,18,19). The Balaban J connectivity index is 2.04. The number of fused-ring (bicyclic) bond motifs is 1. The van der Waals surface area contributed by atoms with E-state index in [1.54, 1.807) is 6.20 Å². The van der Waals surface area contributed by atoms with Crippen molar-refractivity contribution in [3.63, 3.8) is 0 Å². The van der Waals surface area contributed by atoms with E-state index in [1.807, 2.05) is 30.3 Å². The molecule has 0 spiro atoms. The molecule has 5 nitrogen and oxygen atoms in total. The summed E-state index contributed by atoms with van der Waals surface area (Å²) in [6.45, 7) is 0. The summed E-state index contributed by atoms with van der Waals surface area (Å²) in [6, 6.07) is 9.45. The molecule has 1 aliphatic rings. The number of rotatable bonds is 2. The first kappa shape index (κ1) is 12.7. The van der Waals surface area contributed by atoms with Gasteiger partial charge >= 0.3 is 5.97 Å². The van der Waals surface area contributed by atoms with Gasteiger partial charge in [0.25, 0.3) is 0 Å². The highest BCUT2D eigenvalue weighted by Crippen LogP contribution is 2.29. The molecule has 0 radical (unpaired) electrons. The maximum Gasteiger partial charge on any atom is 0.341 e. The molecule has 0 saturated heterocycles. The van der Waals surface area contributed by atoms with Crippen molar-refractivity contribution in [3.8, 4) is 0 Å². The number of pyridine rings is 1. The van der Waals surface area contributed by atoms with Gasteiger partial charge in [-0.05, 0) is 12.1 Å². The number of aliphatic hydroxyl groups excluding tert-OH is 1. The zero-order valence-corrected chi connectivity index (χ0v) is 11.1. The van der Waals surface area contributed by atoms with E-state index in [1.165, 1.54) is 11.8 Å². The maximum absolute atomic E-state index is 11.1. The Labute approximate surface area is 118 Å². The number of thioether (sulfide) groups is 1. The van der Waals surface area contributed by atoms with Crippen molar-refractivity contribution in [1.82, 2.24) is 4.98 Å². The summed E-state index contributed by atoms with van der Waals surface area (Å²) < 4.78 is 0. The number of aliphatic hydroxyl groups is 1. The van der Waals surface area contributed by atoms with Gasteiger partial charge in [0.2, 0.25) is 0 Å². The topological polar surface area (TPSA) is 82.8 Å². The van der Waals surface area contributed by atoms with E-state index in [0.717, 1.165) is 10.9 Å². The molecule has 100 valence electrons. The fourth-order valence-electron chi connectivity index (χ4n) is 1.95. The average Bonchev–Trinajstić information content (AvgIpc) is 2.79. The van der Waals surface area contributed by atoms with Gasteiger partial charge in [-0.15, -0.1) is 0 Å². The number of aromatic nitrogens is 1. The van der Waals surface area contributed by atoms with Crippen molar-refractivity contribution in [3.05, 3.63) is 47.9 Å². The van der Waals surface area contributed by atoms with Crippen molar-refractivity contribution in [2.24, 2.45) is 4.99 Å². The summed E-state index contributed by atoms with van der Waals surface area (Å²) in [5.41, 5.74) is 1.30. The lowest BCUT2D eigenvalue weighted by Gasteiger charge is -2.01. The Morgan fingerprint density at radius 2 is 2.15 bits per heavy atom. The molecule has 2 N–H and O–H groups in total. The summed E-state index contributed by atoms with van der Waals surface area (Å²) in [5.74, 6) is -1.07. The van der Waals surface area contributed by atoms with Crippen LogP contribution >= 0.6 is 11.8 Å². The fourth-order valence-corrected chi connectivity index (χ4v) is 2.88. The molecular weight excluding hydrogens is 276 g/mol. The predicted molar refractivity (Wildman–Crippen MR) is 78.6 cm³/mol. The SMILES string of the molecule is O=C(O)C1=C(O)CSC1=Nc1cnc2ccccc2c1. The predicted octanol–water partition coefficient (Wildman–Crippen LogP) is 2.91. The summed E-state index contributed by atoms with van der Waals surface area (Å²) >= 11 is 1.20. The number of nitrogens with zero attached hydrogens (tertiary/aromatic N) is 2. The molecule has 0 aliphatic carbocycles. The van der Waals surface area contributed by atoms with E-state index in [-0.39, 0.29) is 17.1 Å². The molecule has 2 aromatic rings. The van der Waals surface area contributed by atoms with Gasteiger partial charge in [-0.3, -0.25) is 4.98 Å². The van der Waals surface area contributed by atoms with Gasteiger partial charge in [0.1, 0.15) is 16.4 Å². The van der Waals surface area contributed by atoms with Crippen LogP contribution in [0.25, 0.3) is 10.9 Å². The smallest absolute Gasteiger partial charge is 0.341 e. The maximum atomic E-state index is 11.1. The molecule has 0 atom stereocenters. The van der Waals surface area contributed by atoms with Crippen LogP contribution in [-0.4, -0.2) is 32.0 Å². The molecule has 0 unspecified atom stereocenters. The lowest BCUT2D eigenvalue weighted by Crippen LogP contribution is -2.07. The fraction of sp³-hybridized carbons (Fsp3) is 0.0714. The second-order valence-corrected chi connectivity index (χ2v) is 5.18. The minimum Gasteiger partial charge on any atom is -0.510 e. The van der Waals surface area contributed by atoms with Gasteiger partial charge in [0.05, 0.1) is 23.2 Å². The van der Waals surface area contributed by atoms with Crippen molar-refractivity contribution >= 4 is 39.4 Å². The quantitative estimate of drug-likeness (QED) is 0.887. The number of hydrogen-bond donors (Lipinski definition) is 2.